The van der Waals surface area contributed by atoms with E-state index >= 15 is 0 Å². The van der Waals surface area contributed by atoms with Crippen LogP contribution in [0.4, 0.5) is 25.1 Å². The first kappa shape index (κ1) is 13.2. The van der Waals surface area contributed by atoms with Gasteiger partial charge < -0.3 is 10.6 Å². The summed E-state index contributed by atoms with van der Waals surface area (Å²) in [5, 5.41) is 4.04. The van der Waals surface area contributed by atoms with Crippen LogP contribution < -0.4 is 10.6 Å². The number of nitrogens with two attached hydrogens (primary N) is 1. The van der Waals surface area contributed by atoms with Gasteiger partial charge in [0.2, 0.25) is 11.9 Å². The summed E-state index contributed by atoms with van der Waals surface area (Å²) in [7, 11) is 3.43. The first-order valence-corrected chi connectivity index (χ1v) is 5.36. The summed E-state index contributed by atoms with van der Waals surface area (Å²) in [5.74, 6) is 0.359. The Hall–Kier alpha value is -2.25. The average molecular weight is 271 g/mol. The molecule has 1 aromatic carbocycles. The molecule has 2 rings (SSSR count). The van der Waals surface area contributed by atoms with Crippen molar-refractivity contribution in [3.8, 4) is 5.69 Å². The van der Waals surface area contributed by atoms with Gasteiger partial charge in [-0.15, -0.1) is 5.10 Å². The van der Waals surface area contributed by atoms with E-state index in [1.54, 1.807) is 19.0 Å². The molecule has 5 nitrogen and oxygen atoms in total. The van der Waals surface area contributed by atoms with E-state index in [0.717, 1.165) is 12.1 Å². The number of anilines is 2. The van der Waals surface area contributed by atoms with Crippen molar-refractivity contribution in [1.29, 1.82) is 0 Å². The van der Waals surface area contributed by atoms with Gasteiger partial charge in [-0.2, -0.15) is 22.8 Å². The number of nitrogens with zero attached hydrogens (tertiary/aromatic N) is 4. The first-order valence-electron chi connectivity index (χ1n) is 5.36. The van der Waals surface area contributed by atoms with Crippen LogP contribution in [0.2, 0.25) is 0 Å². The lowest BCUT2D eigenvalue weighted by Crippen LogP contribution is -2.11. The third kappa shape index (κ3) is 2.61. The van der Waals surface area contributed by atoms with Crippen LogP contribution in [-0.2, 0) is 6.18 Å². The Balaban J connectivity index is 2.48. The normalized spacial score (nSPS) is 11.6. The number of hydrogen-bond donors (Lipinski definition) is 1. The highest BCUT2D eigenvalue weighted by Gasteiger charge is 2.30. The fourth-order valence-corrected chi connectivity index (χ4v) is 1.51. The van der Waals surface area contributed by atoms with Crippen molar-refractivity contribution in [2.24, 2.45) is 0 Å². The third-order valence-electron chi connectivity index (χ3n) is 2.44. The number of halogens is 3. The minimum atomic E-state index is -4.41. The molecule has 1 heterocycles. The molecule has 2 aromatic rings. The number of nitrogen functional groups attached to an aromatic ring is 1. The molecular weight excluding hydrogens is 259 g/mol. The van der Waals surface area contributed by atoms with E-state index in [-0.39, 0.29) is 11.6 Å². The minimum absolute atomic E-state index is 0.0306. The van der Waals surface area contributed by atoms with E-state index in [2.05, 4.69) is 10.1 Å². The fourth-order valence-electron chi connectivity index (χ4n) is 1.51. The Bertz CT molecular complexity index is 588. The van der Waals surface area contributed by atoms with Crippen molar-refractivity contribution in [3.05, 3.63) is 29.8 Å². The molecule has 0 aliphatic heterocycles. The number of rotatable bonds is 2. The van der Waals surface area contributed by atoms with Crippen molar-refractivity contribution in [1.82, 2.24) is 14.8 Å². The van der Waals surface area contributed by atoms with E-state index < -0.39 is 11.7 Å². The zero-order chi connectivity index (χ0) is 14.2. The Labute approximate surface area is 107 Å². The number of alkyl halides is 3. The summed E-state index contributed by atoms with van der Waals surface area (Å²) < 4.78 is 39.1. The monoisotopic (exact) mass is 271 g/mol. The molecule has 0 unspecified atom stereocenters. The topological polar surface area (TPSA) is 60.0 Å². The molecule has 0 aliphatic carbocycles. The zero-order valence-electron chi connectivity index (χ0n) is 10.3. The second-order valence-electron chi connectivity index (χ2n) is 4.12. The predicted molar refractivity (Wildman–Crippen MR) is 65.1 cm³/mol. The molecule has 0 aliphatic rings. The van der Waals surface area contributed by atoms with Crippen LogP contribution in [0.1, 0.15) is 5.56 Å². The van der Waals surface area contributed by atoms with Gasteiger partial charge in [0, 0.05) is 14.1 Å². The molecule has 0 bridgehead atoms. The third-order valence-corrected chi connectivity index (χ3v) is 2.44. The second kappa shape index (κ2) is 4.45. The molecule has 0 spiro atoms. The van der Waals surface area contributed by atoms with Crippen LogP contribution in [0, 0.1) is 0 Å². The smallest absolute Gasteiger partial charge is 0.368 e. The fraction of sp³-hybridized carbons (Fsp3) is 0.273. The molecular formula is C11H12F3N5. The van der Waals surface area contributed by atoms with Crippen LogP contribution in [0.3, 0.4) is 0 Å². The number of hydrogen-bond acceptors (Lipinski definition) is 4. The summed E-state index contributed by atoms with van der Waals surface area (Å²) >= 11 is 0. The lowest BCUT2D eigenvalue weighted by Gasteiger charge is -2.09. The molecule has 0 fully saturated rings. The minimum Gasteiger partial charge on any atom is -0.368 e. The van der Waals surface area contributed by atoms with Crippen molar-refractivity contribution in [2.45, 2.75) is 6.18 Å². The van der Waals surface area contributed by atoms with E-state index in [1.807, 2.05) is 0 Å². The van der Waals surface area contributed by atoms with Crippen LogP contribution >= 0.6 is 0 Å². The van der Waals surface area contributed by atoms with Crippen LogP contribution in [0.25, 0.3) is 5.69 Å². The van der Waals surface area contributed by atoms with Gasteiger partial charge in [0.05, 0.1) is 11.3 Å². The van der Waals surface area contributed by atoms with Gasteiger partial charge in [-0.1, -0.05) is 6.07 Å². The van der Waals surface area contributed by atoms with Gasteiger partial charge in [-0.25, -0.2) is 0 Å². The molecule has 102 valence electrons. The molecule has 0 saturated carbocycles. The van der Waals surface area contributed by atoms with Crippen molar-refractivity contribution in [2.75, 3.05) is 24.7 Å². The van der Waals surface area contributed by atoms with Gasteiger partial charge in [0.25, 0.3) is 0 Å². The predicted octanol–water partition coefficient (Wildman–Crippen LogP) is 1.93. The summed E-state index contributed by atoms with van der Waals surface area (Å²) in [6.45, 7) is 0. The first-order chi connectivity index (χ1) is 8.79. The molecule has 1 aromatic heterocycles. The summed E-state index contributed by atoms with van der Waals surface area (Å²) in [6.07, 6.45) is -4.41. The Morgan fingerprint density at radius 2 is 1.95 bits per heavy atom. The van der Waals surface area contributed by atoms with E-state index in [9.17, 15) is 13.2 Å². The number of aromatic nitrogens is 3. The molecule has 2 N–H and O–H groups in total. The van der Waals surface area contributed by atoms with Crippen molar-refractivity contribution >= 4 is 11.9 Å². The van der Waals surface area contributed by atoms with Gasteiger partial charge in [0.1, 0.15) is 0 Å². The van der Waals surface area contributed by atoms with Crippen LogP contribution in [0.15, 0.2) is 24.3 Å². The van der Waals surface area contributed by atoms with Crippen LogP contribution in [0.5, 0.6) is 0 Å². The molecule has 0 atom stereocenters. The Kier molecular flexibility index (Phi) is 3.09. The lowest BCUT2D eigenvalue weighted by atomic mass is 10.2. The highest BCUT2D eigenvalue weighted by Crippen LogP contribution is 2.30. The highest BCUT2D eigenvalue weighted by atomic mass is 19.4. The molecule has 0 saturated heterocycles. The van der Waals surface area contributed by atoms with E-state index in [0.29, 0.717) is 5.95 Å². The Morgan fingerprint density at radius 1 is 1.26 bits per heavy atom. The van der Waals surface area contributed by atoms with Crippen LogP contribution in [-0.4, -0.2) is 28.9 Å². The molecule has 8 heteroatoms. The highest BCUT2D eigenvalue weighted by molar-refractivity contribution is 5.44. The maximum absolute atomic E-state index is 12.6. The zero-order valence-corrected chi connectivity index (χ0v) is 10.3. The summed E-state index contributed by atoms with van der Waals surface area (Å²) in [5.41, 5.74) is 5.11. The summed E-state index contributed by atoms with van der Waals surface area (Å²) in [6, 6.07) is 4.75. The SMILES string of the molecule is CN(C)c1nc(N)n(-c2cccc(C(F)(F)F)c2)n1. The molecule has 0 radical (unpaired) electrons. The number of benzene rings is 1. The summed E-state index contributed by atoms with van der Waals surface area (Å²) in [4.78, 5) is 5.56. The van der Waals surface area contributed by atoms with Gasteiger partial charge >= 0.3 is 6.18 Å². The van der Waals surface area contributed by atoms with Crippen molar-refractivity contribution < 1.29 is 13.2 Å². The largest absolute Gasteiger partial charge is 0.416 e. The average Bonchev–Trinajstić information content (AvgIpc) is 2.71. The Morgan fingerprint density at radius 3 is 2.47 bits per heavy atom. The maximum Gasteiger partial charge on any atom is 0.416 e. The standard InChI is InChI=1S/C11H12F3N5/c1-18(2)10-16-9(15)19(17-10)8-5-3-4-7(6-8)11(12,13)14/h3-6H,1-2H3,(H2,15,16,17). The van der Waals surface area contributed by atoms with E-state index in [4.69, 9.17) is 5.73 Å². The lowest BCUT2D eigenvalue weighted by molar-refractivity contribution is -0.137. The second-order valence-corrected chi connectivity index (χ2v) is 4.12. The van der Waals surface area contributed by atoms with E-state index in [1.165, 1.54) is 16.8 Å². The molecule has 19 heavy (non-hydrogen) atoms. The maximum atomic E-state index is 12.6. The molecule has 0 amide bonds. The van der Waals surface area contributed by atoms with Gasteiger partial charge in [0.15, 0.2) is 0 Å². The van der Waals surface area contributed by atoms with Crippen molar-refractivity contribution in [3.63, 3.8) is 0 Å². The van der Waals surface area contributed by atoms with Gasteiger partial charge in [-0.05, 0) is 18.2 Å². The van der Waals surface area contributed by atoms with Gasteiger partial charge in [-0.3, -0.25) is 0 Å². The quantitative estimate of drug-likeness (QED) is 0.906.